The van der Waals surface area contributed by atoms with Gasteiger partial charge in [0, 0.05) is 0 Å². The van der Waals surface area contributed by atoms with Crippen molar-refractivity contribution in [3.8, 4) is 0 Å². The molecule has 0 bridgehead atoms. The largest absolute Gasteiger partial charge is 0.207 e. The summed E-state index contributed by atoms with van der Waals surface area (Å²) in [6, 6.07) is 0. The maximum atomic E-state index is 12.8. The zero-order valence-corrected chi connectivity index (χ0v) is 10.6. The zero-order valence-electron chi connectivity index (χ0n) is 10.6. The van der Waals surface area contributed by atoms with Crippen molar-refractivity contribution in [3.63, 3.8) is 0 Å². The summed E-state index contributed by atoms with van der Waals surface area (Å²) < 4.78 is 12.8. The highest BCUT2D eigenvalue weighted by atomic mass is 19.1. The average molecular weight is 212 g/mol. The van der Waals surface area contributed by atoms with Crippen molar-refractivity contribution in [2.75, 3.05) is 0 Å². The molecule has 1 atom stereocenters. The molecule has 0 aliphatic rings. The Morgan fingerprint density at radius 2 is 1.93 bits per heavy atom. The van der Waals surface area contributed by atoms with Crippen molar-refractivity contribution < 1.29 is 4.39 Å². The van der Waals surface area contributed by atoms with Crippen molar-refractivity contribution in [2.24, 2.45) is 5.92 Å². The molecule has 0 spiro atoms. The fourth-order valence-corrected chi connectivity index (χ4v) is 1.38. The molecule has 0 nitrogen and oxygen atoms in total. The lowest BCUT2D eigenvalue weighted by molar-refractivity contribution is 0.508. The summed E-state index contributed by atoms with van der Waals surface area (Å²) in [7, 11) is 0. The Labute approximate surface area is 94.6 Å². The summed E-state index contributed by atoms with van der Waals surface area (Å²) in [5, 5.41) is 0. The van der Waals surface area contributed by atoms with Crippen LogP contribution in [0.2, 0.25) is 0 Å². The Bertz CT molecular complexity index is 201. The third kappa shape index (κ3) is 9.45. The van der Waals surface area contributed by atoms with Crippen LogP contribution in [0.1, 0.15) is 47.0 Å². The van der Waals surface area contributed by atoms with Crippen LogP contribution in [0.3, 0.4) is 0 Å². The average Bonchev–Trinajstić information content (AvgIpc) is 2.20. The van der Waals surface area contributed by atoms with Gasteiger partial charge in [0.15, 0.2) is 0 Å². The summed E-state index contributed by atoms with van der Waals surface area (Å²) in [6.07, 6.45) is 6.34. The molecule has 0 aromatic heterocycles. The Morgan fingerprint density at radius 1 is 1.40 bits per heavy atom. The second-order valence-electron chi connectivity index (χ2n) is 3.43. The predicted molar refractivity (Wildman–Crippen MR) is 68.6 cm³/mol. The molecule has 0 radical (unpaired) electrons. The van der Waals surface area contributed by atoms with Crippen LogP contribution in [-0.4, -0.2) is 0 Å². The van der Waals surface area contributed by atoms with E-state index in [1.54, 1.807) is 12.2 Å². The molecule has 0 amide bonds. The van der Waals surface area contributed by atoms with Gasteiger partial charge in [-0.05, 0) is 17.9 Å². The first-order chi connectivity index (χ1) is 7.11. The molecule has 0 saturated carbocycles. The normalized spacial score (nSPS) is 12.5. The topological polar surface area (TPSA) is 0 Å². The smallest absolute Gasteiger partial charge is 0.119 e. The van der Waals surface area contributed by atoms with Gasteiger partial charge in [0.2, 0.25) is 0 Å². The minimum Gasteiger partial charge on any atom is -0.207 e. The second kappa shape index (κ2) is 11.2. The van der Waals surface area contributed by atoms with Gasteiger partial charge in [-0.2, -0.15) is 0 Å². The van der Waals surface area contributed by atoms with Crippen molar-refractivity contribution in [1.82, 2.24) is 0 Å². The SMILES string of the molecule is C=C/C=C(/CC(C)CCC)C(=C)F.CC. The van der Waals surface area contributed by atoms with E-state index in [0.717, 1.165) is 19.3 Å². The zero-order chi connectivity index (χ0) is 12.3. The van der Waals surface area contributed by atoms with E-state index in [0.29, 0.717) is 11.5 Å². The number of halogens is 1. The summed E-state index contributed by atoms with van der Waals surface area (Å²) in [5.74, 6) is 0.187. The van der Waals surface area contributed by atoms with E-state index in [2.05, 4.69) is 27.0 Å². The summed E-state index contributed by atoms with van der Waals surface area (Å²) in [4.78, 5) is 0. The Morgan fingerprint density at radius 3 is 2.27 bits per heavy atom. The second-order valence-corrected chi connectivity index (χ2v) is 3.43. The molecular formula is C14H25F. The lowest BCUT2D eigenvalue weighted by Crippen LogP contribution is -1.96. The third-order valence-electron chi connectivity index (χ3n) is 2.02. The quantitative estimate of drug-likeness (QED) is 0.515. The van der Waals surface area contributed by atoms with E-state index in [9.17, 15) is 4.39 Å². The van der Waals surface area contributed by atoms with E-state index in [4.69, 9.17) is 0 Å². The summed E-state index contributed by atoms with van der Waals surface area (Å²) in [6.45, 7) is 15.1. The molecule has 1 heteroatoms. The van der Waals surface area contributed by atoms with E-state index in [-0.39, 0.29) is 5.83 Å². The number of rotatable bonds is 6. The number of allylic oxidation sites excluding steroid dienone is 4. The summed E-state index contributed by atoms with van der Waals surface area (Å²) >= 11 is 0. The number of hydrogen-bond donors (Lipinski definition) is 0. The lowest BCUT2D eigenvalue weighted by Gasteiger charge is -2.11. The maximum absolute atomic E-state index is 12.8. The Hall–Kier alpha value is -0.850. The molecule has 0 N–H and O–H groups in total. The van der Waals surface area contributed by atoms with E-state index < -0.39 is 0 Å². The monoisotopic (exact) mass is 212 g/mol. The lowest BCUT2D eigenvalue weighted by atomic mass is 9.96. The first kappa shape index (κ1) is 16.6. The molecule has 0 heterocycles. The van der Waals surface area contributed by atoms with Crippen LogP contribution in [-0.2, 0) is 0 Å². The molecule has 0 rings (SSSR count). The van der Waals surface area contributed by atoms with Crippen molar-refractivity contribution in [3.05, 3.63) is 36.7 Å². The van der Waals surface area contributed by atoms with Crippen LogP contribution in [0.25, 0.3) is 0 Å². The van der Waals surface area contributed by atoms with Gasteiger partial charge in [0.25, 0.3) is 0 Å². The van der Waals surface area contributed by atoms with Crippen molar-refractivity contribution >= 4 is 0 Å². The molecule has 0 aliphatic carbocycles. The molecule has 1 unspecified atom stereocenters. The first-order valence-electron chi connectivity index (χ1n) is 5.78. The van der Waals surface area contributed by atoms with Gasteiger partial charge < -0.3 is 0 Å². The molecule has 0 saturated heterocycles. The van der Waals surface area contributed by atoms with Crippen LogP contribution < -0.4 is 0 Å². The van der Waals surface area contributed by atoms with Gasteiger partial charge in [0.1, 0.15) is 5.83 Å². The third-order valence-corrected chi connectivity index (χ3v) is 2.02. The molecule has 0 fully saturated rings. The van der Waals surface area contributed by atoms with Gasteiger partial charge in [-0.1, -0.05) is 65.8 Å². The molecular weight excluding hydrogens is 187 g/mol. The maximum Gasteiger partial charge on any atom is 0.119 e. The van der Waals surface area contributed by atoms with Gasteiger partial charge in [0.05, 0.1) is 0 Å². The van der Waals surface area contributed by atoms with Crippen molar-refractivity contribution in [2.45, 2.75) is 47.0 Å². The highest BCUT2D eigenvalue weighted by molar-refractivity contribution is 5.26. The standard InChI is InChI=1S/C12H19F.C2H6/c1-5-7-10(3)9-12(8-6-2)11(4)13;1-2/h6,8,10H,2,4-5,7,9H2,1,3H3;1-2H3/b12-8-;. The highest BCUT2D eigenvalue weighted by Gasteiger charge is 2.06. The summed E-state index contributed by atoms with van der Waals surface area (Å²) in [5.41, 5.74) is 0.677. The van der Waals surface area contributed by atoms with Crippen LogP contribution in [0, 0.1) is 5.92 Å². The molecule has 0 aliphatic heterocycles. The predicted octanol–water partition coefficient (Wildman–Crippen LogP) is 5.43. The van der Waals surface area contributed by atoms with Crippen LogP contribution >= 0.6 is 0 Å². The number of hydrogen-bond acceptors (Lipinski definition) is 0. The van der Waals surface area contributed by atoms with Gasteiger partial charge in [-0.15, -0.1) is 0 Å². The molecule has 15 heavy (non-hydrogen) atoms. The fraction of sp³-hybridized carbons (Fsp3) is 0.571. The highest BCUT2D eigenvalue weighted by Crippen LogP contribution is 2.21. The van der Waals surface area contributed by atoms with Crippen LogP contribution in [0.15, 0.2) is 36.7 Å². The van der Waals surface area contributed by atoms with E-state index in [1.165, 1.54) is 0 Å². The first-order valence-corrected chi connectivity index (χ1v) is 5.78. The van der Waals surface area contributed by atoms with E-state index in [1.807, 2.05) is 13.8 Å². The Balaban J connectivity index is 0. The van der Waals surface area contributed by atoms with Gasteiger partial charge in [-0.25, -0.2) is 4.39 Å². The van der Waals surface area contributed by atoms with Gasteiger partial charge in [-0.3, -0.25) is 0 Å². The molecule has 88 valence electrons. The van der Waals surface area contributed by atoms with Gasteiger partial charge >= 0.3 is 0 Å². The van der Waals surface area contributed by atoms with Crippen LogP contribution in [0.5, 0.6) is 0 Å². The fourth-order valence-electron chi connectivity index (χ4n) is 1.38. The minimum atomic E-state index is -0.331. The van der Waals surface area contributed by atoms with Crippen LogP contribution in [0.4, 0.5) is 4.39 Å². The Kier molecular flexibility index (Phi) is 12.4. The molecule has 0 aromatic rings. The van der Waals surface area contributed by atoms with E-state index >= 15 is 0 Å². The van der Waals surface area contributed by atoms with Crippen molar-refractivity contribution in [1.29, 1.82) is 0 Å². The minimum absolute atomic E-state index is 0.331. The molecule has 0 aromatic carbocycles.